The fourth-order valence-electron chi connectivity index (χ4n) is 1.45. The minimum atomic E-state index is -2.46. The van der Waals surface area contributed by atoms with Crippen molar-refractivity contribution in [1.82, 2.24) is 14.8 Å². The molecular weight excluding hydrogens is 224 g/mol. The van der Waals surface area contributed by atoms with Crippen molar-refractivity contribution < 1.29 is 13.8 Å². The Morgan fingerprint density at radius 2 is 2.41 bits per heavy atom. The smallest absolute Gasteiger partial charge is 0.311 e. The third-order valence-corrected chi connectivity index (χ3v) is 2.13. The van der Waals surface area contributed by atoms with Crippen molar-refractivity contribution in [3.8, 4) is 17.1 Å². The molecule has 7 heteroatoms. The summed E-state index contributed by atoms with van der Waals surface area (Å²) < 4.78 is 27.4. The average molecular weight is 237 g/mol. The summed E-state index contributed by atoms with van der Waals surface area (Å²) in [6.45, 7) is -2.46. The van der Waals surface area contributed by atoms with Crippen LogP contribution >= 0.6 is 0 Å². The number of ether oxygens (including phenoxy) is 1. The van der Waals surface area contributed by atoms with Crippen LogP contribution in [0, 0.1) is 10.1 Å². The van der Waals surface area contributed by atoms with E-state index in [1.54, 1.807) is 0 Å². The quantitative estimate of drug-likeness (QED) is 0.595. The van der Waals surface area contributed by atoms with Gasteiger partial charge < -0.3 is 4.74 Å². The van der Waals surface area contributed by atoms with Gasteiger partial charge in [-0.25, -0.2) is 4.98 Å². The summed E-state index contributed by atoms with van der Waals surface area (Å²) in [4.78, 5) is 14.2. The second-order valence-electron chi connectivity index (χ2n) is 3.13. The maximum atomic E-state index is 10.9. The number of hydrogen-bond acceptors (Lipinski definition) is 5. The number of nitro groups is 1. The fraction of sp³-hybridized carbons (Fsp3) is 0.200. The molecule has 7 nitrogen and oxygen atoms in total. The van der Waals surface area contributed by atoms with Crippen LogP contribution in [-0.4, -0.2) is 26.8 Å². The standard InChI is InChI=1S/C10H10N4O3/c1-13-6-11-10(12-13)7-4-3-5-8(14(15)16)9(7)17-2/h3-6H,1-2H3/i1D3. The molecule has 0 saturated heterocycles. The minimum absolute atomic E-state index is 0.0132. The highest BCUT2D eigenvalue weighted by atomic mass is 16.6. The fourth-order valence-corrected chi connectivity index (χ4v) is 1.45. The molecule has 1 aromatic heterocycles. The van der Waals surface area contributed by atoms with Gasteiger partial charge in [-0.15, -0.1) is 0 Å². The third kappa shape index (κ3) is 1.94. The van der Waals surface area contributed by atoms with Crippen molar-refractivity contribution in [2.45, 2.75) is 0 Å². The molecule has 0 aliphatic heterocycles. The van der Waals surface area contributed by atoms with Crippen LogP contribution in [-0.2, 0) is 6.98 Å². The van der Waals surface area contributed by atoms with Crippen LogP contribution in [0.15, 0.2) is 24.5 Å². The topological polar surface area (TPSA) is 83.1 Å². The van der Waals surface area contributed by atoms with Crippen molar-refractivity contribution in [1.29, 1.82) is 0 Å². The molecule has 1 aromatic carbocycles. The number of para-hydroxylation sites is 1. The van der Waals surface area contributed by atoms with E-state index < -0.39 is 11.9 Å². The molecule has 0 radical (unpaired) electrons. The predicted octanol–water partition coefficient (Wildman–Crippen LogP) is 1.40. The van der Waals surface area contributed by atoms with Gasteiger partial charge >= 0.3 is 5.69 Å². The Hall–Kier alpha value is -2.44. The number of benzene rings is 1. The number of nitrogens with zero attached hydrogens (tertiary/aromatic N) is 4. The first-order valence-electron chi connectivity index (χ1n) is 6.08. The lowest BCUT2D eigenvalue weighted by Gasteiger charge is -2.05. The van der Waals surface area contributed by atoms with E-state index in [2.05, 4.69) is 10.1 Å². The zero-order chi connectivity index (χ0) is 14.9. The highest BCUT2D eigenvalue weighted by Gasteiger charge is 2.20. The molecule has 0 bridgehead atoms. The zero-order valence-electron chi connectivity index (χ0n) is 11.8. The Balaban J connectivity index is 2.56. The van der Waals surface area contributed by atoms with Gasteiger partial charge in [0.1, 0.15) is 6.33 Å². The molecule has 0 aliphatic carbocycles. The van der Waals surface area contributed by atoms with Crippen LogP contribution in [0.4, 0.5) is 5.69 Å². The molecule has 88 valence electrons. The van der Waals surface area contributed by atoms with Crippen molar-refractivity contribution in [2.75, 3.05) is 7.11 Å². The first-order chi connectivity index (χ1) is 9.34. The third-order valence-electron chi connectivity index (χ3n) is 2.13. The number of rotatable bonds is 3. The Bertz CT molecular complexity index is 653. The number of nitro benzene ring substituents is 1. The van der Waals surface area contributed by atoms with Gasteiger partial charge in [0.05, 0.1) is 17.6 Å². The van der Waals surface area contributed by atoms with Gasteiger partial charge in [0.2, 0.25) is 5.75 Å². The maximum Gasteiger partial charge on any atom is 0.311 e. The lowest BCUT2D eigenvalue weighted by Crippen LogP contribution is -1.97. The van der Waals surface area contributed by atoms with E-state index in [9.17, 15) is 10.1 Å². The van der Waals surface area contributed by atoms with E-state index >= 15 is 0 Å². The molecule has 2 rings (SSSR count). The monoisotopic (exact) mass is 237 g/mol. The molecule has 0 saturated carbocycles. The molecule has 0 spiro atoms. The molecule has 0 amide bonds. The van der Waals surface area contributed by atoms with Crippen molar-refractivity contribution in [2.24, 2.45) is 6.98 Å². The van der Waals surface area contributed by atoms with Crippen LogP contribution in [0.5, 0.6) is 5.75 Å². The van der Waals surface area contributed by atoms with E-state index in [4.69, 9.17) is 8.85 Å². The molecule has 0 N–H and O–H groups in total. The van der Waals surface area contributed by atoms with Gasteiger partial charge in [-0.1, -0.05) is 6.07 Å². The van der Waals surface area contributed by atoms with E-state index in [-0.39, 0.29) is 22.8 Å². The van der Waals surface area contributed by atoms with E-state index in [1.165, 1.54) is 25.3 Å². The molecular formula is C10H10N4O3. The summed E-state index contributed by atoms with van der Waals surface area (Å²) in [5.41, 5.74) is 0.0138. The number of aromatic nitrogens is 3. The summed E-state index contributed by atoms with van der Waals surface area (Å²) in [6, 6.07) is 4.25. The maximum absolute atomic E-state index is 10.9. The molecule has 0 atom stereocenters. The van der Waals surface area contributed by atoms with Gasteiger partial charge in [-0.3, -0.25) is 14.8 Å². The lowest BCUT2D eigenvalue weighted by molar-refractivity contribution is -0.385. The first-order valence-corrected chi connectivity index (χ1v) is 4.58. The summed E-state index contributed by atoms with van der Waals surface area (Å²) in [5.74, 6) is 0.0301. The van der Waals surface area contributed by atoms with E-state index in [0.29, 0.717) is 4.68 Å². The van der Waals surface area contributed by atoms with Crippen LogP contribution in [0.1, 0.15) is 4.11 Å². The summed E-state index contributed by atoms with van der Waals surface area (Å²) >= 11 is 0. The molecule has 1 heterocycles. The van der Waals surface area contributed by atoms with Crippen molar-refractivity contribution in [3.63, 3.8) is 0 Å². The van der Waals surface area contributed by atoms with Gasteiger partial charge in [-0.2, -0.15) is 5.10 Å². The van der Waals surface area contributed by atoms with Gasteiger partial charge in [0.15, 0.2) is 5.82 Å². The van der Waals surface area contributed by atoms with Gasteiger partial charge in [-0.05, 0) is 6.07 Å². The number of aryl methyl sites for hydroxylation is 1. The van der Waals surface area contributed by atoms with Gasteiger partial charge in [0, 0.05) is 17.2 Å². The SMILES string of the molecule is [2H]C([2H])([2H])n1cnc(-c2cccc([N+](=O)[O-])c2OC)n1. The van der Waals surface area contributed by atoms with Gasteiger partial charge in [0.25, 0.3) is 0 Å². The molecule has 17 heavy (non-hydrogen) atoms. The van der Waals surface area contributed by atoms with Crippen LogP contribution in [0.3, 0.4) is 0 Å². The predicted molar refractivity (Wildman–Crippen MR) is 59.6 cm³/mol. The summed E-state index contributed by atoms with van der Waals surface area (Å²) in [6.07, 6.45) is 1.04. The highest BCUT2D eigenvalue weighted by molar-refractivity contribution is 5.70. The van der Waals surface area contributed by atoms with Crippen molar-refractivity contribution >= 4 is 5.69 Å². The van der Waals surface area contributed by atoms with E-state index in [0.717, 1.165) is 6.33 Å². The Labute approximate surface area is 101 Å². The van der Waals surface area contributed by atoms with E-state index in [1.807, 2.05) is 0 Å². The van der Waals surface area contributed by atoms with Crippen LogP contribution < -0.4 is 4.74 Å². The molecule has 0 unspecified atom stereocenters. The average Bonchev–Trinajstić information content (AvgIpc) is 2.86. The summed E-state index contributed by atoms with van der Waals surface area (Å²) in [7, 11) is 1.28. The Kier molecular flexibility index (Phi) is 1.92. The lowest BCUT2D eigenvalue weighted by atomic mass is 10.1. The number of hydrogen-bond donors (Lipinski definition) is 0. The Morgan fingerprint density at radius 3 is 3.00 bits per heavy atom. The van der Waals surface area contributed by atoms with Crippen LogP contribution in [0.2, 0.25) is 0 Å². The molecule has 0 fully saturated rings. The zero-order valence-corrected chi connectivity index (χ0v) is 8.82. The summed E-state index contributed by atoms with van der Waals surface area (Å²) in [5, 5.41) is 14.7. The minimum Gasteiger partial charge on any atom is -0.490 e. The number of methoxy groups -OCH3 is 1. The largest absolute Gasteiger partial charge is 0.490 e. The Morgan fingerprint density at radius 1 is 1.59 bits per heavy atom. The van der Waals surface area contributed by atoms with Crippen LogP contribution in [0.25, 0.3) is 11.4 Å². The highest BCUT2D eigenvalue weighted by Crippen LogP contribution is 2.35. The second kappa shape index (κ2) is 4.20. The second-order valence-corrected chi connectivity index (χ2v) is 3.13. The first kappa shape index (κ1) is 7.77. The normalized spacial score (nSPS) is 13.6. The van der Waals surface area contributed by atoms with Crippen molar-refractivity contribution in [3.05, 3.63) is 34.6 Å². The molecule has 0 aliphatic rings. The molecule has 2 aromatic rings.